The van der Waals surface area contributed by atoms with Crippen LogP contribution in [0.25, 0.3) is 0 Å². The Bertz CT molecular complexity index is 865. The van der Waals surface area contributed by atoms with Crippen molar-refractivity contribution in [2.24, 2.45) is 0 Å². The molecule has 1 N–H and O–H groups in total. The summed E-state index contributed by atoms with van der Waals surface area (Å²) in [6.45, 7) is 6.75. The third-order valence-corrected chi connectivity index (χ3v) is 5.46. The molecule has 2 amide bonds. The number of carbonyl (C=O) groups is 2. The number of hydrogen-bond donors (Lipinski definition) is 1. The van der Waals surface area contributed by atoms with Gasteiger partial charge in [0.15, 0.2) is 0 Å². The highest BCUT2D eigenvalue weighted by Crippen LogP contribution is 2.27. The van der Waals surface area contributed by atoms with E-state index in [0.717, 1.165) is 24.1 Å². The van der Waals surface area contributed by atoms with Crippen molar-refractivity contribution in [1.82, 2.24) is 20.2 Å². The fourth-order valence-corrected chi connectivity index (χ4v) is 3.60. The second-order valence-corrected chi connectivity index (χ2v) is 8.07. The summed E-state index contributed by atoms with van der Waals surface area (Å²) < 4.78 is 13.2. The summed E-state index contributed by atoms with van der Waals surface area (Å²) in [4.78, 5) is 35.6. The Morgan fingerprint density at radius 1 is 1.10 bits per heavy atom. The first-order valence-corrected chi connectivity index (χ1v) is 9.92. The third kappa shape index (κ3) is 4.96. The molecule has 0 spiro atoms. The van der Waals surface area contributed by atoms with E-state index in [4.69, 9.17) is 0 Å². The van der Waals surface area contributed by atoms with E-state index in [9.17, 15) is 14.0 Å². The fraction of sp³-hybridized carbons (Fsp3) is 0.455. The van der Waals surface area contributed by atoms with E-state index in [2.05, 4.69) is 15.3 Å². The average Bonchev–Trinajstić information content (AvgIpc) is 2.93. The second kappa shape index (κ2) is 8.68. The number of aromatic nitrogens is 2. The number of benzene rings is 1. The van der Waals surface area contributed by atoms with E-state index in [0.29, 0.717) is 25.2 Å². The first kappa shape index (κ1) is 20.9. The minimum Gasteiger partial charge on any atom is -0.348 e. The topological polar surface area (TPSA) is 75.2 Å². The molecule has 1 aliphatic rings. The number of amides is 2. The summed E-state index contributed by atoms with van der Waals surface area (Å²) in [6.07, 6.45) is 5.32. The predicted octanol–water partition coefficient (Wildman–Crippen LogP) is 3.01. The van der Waals surface area contributed by atoms with Crippen LogP contribution in [0.5, 0.6) is 0 Å². The maximum atomic E-state index is 13.2. The Balaban J connectivity index is 1.61. The number of halogens is 1. The van der Waals surface area contributed by atoms with Crippen LogP contribution in [0.15, 0.2) is 36.7 Å². The summed E-state index contributed by atoms with van der Waals surface area (Å²) in [7, 11) is 0. The first-order valence-electron chi connectivity index (χ1n) is 9.92. The molecule has 0 radical (unpaired) electrons. The number of aryl methyl sites for hydroxylation is 1. The van der Waals surface area contributed by atoms with Gasteiger partial charge in [-0.05, 0) is 57.7 Å². The van der Waals surface area contributed by atoms with Gasteiger partial charge >= 0.3 is 0 Å². The van der Waals surface area contributed by atoms with Crippen molar-refractivity contribution in [3.8, 4) is 0 Å². The molecule has 0 aliphatic carbocycles. The maximum absolute atomic E-state index is 13.2. The zero-order valence-electron chi connectivity index (χ0n) is 17.1. The van der Waals surface area contributed by atoms with Crippen LogP contribution >= 0.6 is 0 Å². The van der Waals surface area contributed by atoms with Gasteiger partial charge in [0.2, 0.25) is 5.91 Å². The average molecular weight is 398 g/mol. The zero-order chi connectivity index (χ0) is 21.0. The van der Waals surface area contributed by atoms with Crippen molar-refractivity contribution in [2.45, 2.75) is 51.5 Å². The van der Waals surface area contributed by atoms with Crippen LogP contribution in [-0.2, 0) is 10.2 Å². The molecular formula is C22H27FN4O2. The summed E-state index contributed by atoms with van der Waals surface area (Å²) in [5, 5.41) is 3.01. The summed E-state index contributed by atoms with van der Waals surface area (Å²) >= 11 is 0. The van der Waals surface area contributed by atoms with Crippen LogP contribution < -0.4 is 5.32 Å². The van der Waals surface area contributed by atoms with Gasteiger partial charge in [0.05, 0.1) is 17.3 Å². The number of carbonyl (C=O) groups excluding carboxylic acids is 2. The Hall–Kier alpha value is -2.83. The van der Waals surface area contributed by atoms with Crippen LogP contribution in [0.4, 0.5) is 4.39 Å². The van der Waals surface area contributed by atoms with Gasteiger partial charge in [-0.1, -0.05) is 12.1 Å². The molecule has 1 aromatic heterocycles. The molecule has 1 aliphatic heterocycles. The lowest BCUT2D eigenvalue weighted by atomic mass is 9.83. The highest BCUT2D eigenvalue weighted by molar-refractivity contribution is 5.92. The molecular weight excluding hydrogens is 371 g/mol. The van der Waals surface area contributed by atoms with Gasteiger partial charge in [0.25, 0.3) is 5.91 Å². The van der Waals surface area contributed by atoms with E-state index in [1.165, 1.54) is 18.3 Å². The predicted molar refractivity (Wildman–Crippen MR) is 108 cm³/mol. The van der Waals surface area contributed by atoms with E-state index in [1.807, 2.05) is 25.7 Å². The lowest BCUT2D eigenvalue weighted by Gasteiger charge is -2.31. The third-order valence-electron chi connectivity index (χ3n) is 5.46. The second-order valence-electron chi connectivity index (χ2n) is 8.07. The highest BCUT2D eigenvalue weighted by Gasteiger charge is 2.34. The summed E-state index contributed by atoms with van der Waals surface area (Å²) in [5.41, 5.74) is 1.10. The van der Waals surface area contributed by atoms with Gasteiger partial charge in [-0.15, -0.1) is 0 Å². The Morgan fingerprint density at radius 2 is 1.83 bits per heavy atom. The van der Waals surface area contributed by atoms with Crippen LogP contribution in [0.2, 0.25) is 0 Å². The molecule has 6 nitrogen and oxygen atoms in total. The van der Waals surface area contributed by atoms with Crippen molar-refractivity contribution in [1.29, 1.82) is 0 Å². The van der Waals surface area contributed by atoms with Gasteiger partial charge in [-0.3, -0.25) is 14.6 Å². The molecule has 2 heterocycles. The number of likely N-dealkylation sites (tertiary alicyclic amines) is 1. The largest absolute Gasteiger partial charge is 0.348 e. The lowest BCUT2D eigenvalue weighted by molar-refractivity contribution is -0.136. The number of hydrogen-bond acceptors (Lipinski definition) is 4. The molecule has 7 heteroatoms. The summed E-state index contributed by atoms with van der Waals surface area (Å²) in [5.74, 6) is -0.543. The first-order chi connectivity index (χ1) is 13.8. The van der Waals surface area contributed by atoms with E-state index < -0.39 is 5.41 Å². The number of rotatable bonds is 4. The molecule has 0 bridgehead atoms. The van der Waals surface area contributed by atoms with Crippen molar-refractivity contribution in [2.75, 3.05) is 13.1 Å². The van der Waals surface area contributed by atoms with Crippen molar-refractivity contribution < 1.29 is 14.0 Å². The molecule has 154 valence electrons. The van der Waals surface area contributed by atoms with Crippen LogP contribution in [0.1, 0.15) is 54.9 Å². The lowest BCUT2D eigenvalue weighted by Crippen LogP contribution is -2.44. The minimum atomic E-state index is -0.742. The van der Waals surface area contributed by atoms with Crippen LogP contribution in [-0.4, -0.2) is 45.8 Å². The van der Waals surface area contributed by atoms with Crippen LogP contribution in [0, 0.1) is 12.7 Å². The maximum Gasteiger partial charge on any atom is 0.271 e. The van der Waals surface area contributed by atoms with Gasteiger partial charge < -0.3 is 10.2 Å². The van der Waals surface area contributed by atoms with Crippen molar-refractivity contribution in [3.05, 3.63) is 59.4 Å². The Morgan fingerprint density at radius 3 is 2.48 bits per heavy atom. The quantitative estimate of drug-likeness (QED) is 0.859. The van der Waals surface area contributed by atoms with Gasteiger partial charge in [0.1, 0.15) is 11.5 Å². The molecule has 1 atom stereocenters. The summed E-state index contributed by atoms with van der Waals surface area (Å²) in [6, 6.07) is 6.07. The normalized spacial score (nSPS) is 17.5. The van der Waals surface area contributed by atoms with E-state index >= 15 is 0 Å². The molecule has 1 fully saturated rings. The van der Waals surface area contributed by atoms with Gasteiger partial charge in [0, 0.05) is 25.3 Å². The minimum absolute atomic E-state index is 0.0143. The Kier molecular flexibility index (Phi) is 6.25. The molecule has 3 rings (SSSR count). The highest BCUT2D eigenvalue weighted by atomic mass is 19.1. The fourth-order valence-electron chi connectivity index (χ4n) is 3.60. The molecule has 1 saturated heterocycles. The van der Waals surface area contributed by atoms with E-state index in [-0.39, 0.29) is 23.7 Å². The smallest absolute Gasteiger partial charge is 0.271 e. The molecule has 0 saturated carbocycles. The van der Waals surface area contributed by atoms with Crippen molar-refractivity contribution >= 4 is 11.8 Å². The SMILES string of the molecule is Cc1cnc(C(=O)N[C@H]2CCCN(C(=O)C(C)(C)c3ccc(F)cc3)CC2)cn1. The number of nitrogens with zero attached hydrogens (tertiary/aromatic N) is 3. The molecule has 2 aromatic rings. The molecule has 0 unspecified atom stereocenters. The van der Waals surface area contributed by atoms with Crippen molar-refractivity contribution in [3.63, 3.8) is 0 Å². The van der Waals surface area contributed by atoms with E-state index in [1.54, 1.807) is 18.3 Å². The molecule has 29 heavy (non-hydrogen) atoms. The van der Waals surface area contributed by atoms with Gasteiger partial charge in [-0.25, -0.2) is 9.37 Å². The molecule has 1 aromatic carbocycles. The standard InChI is InChI=1S/C22H27FN4O2/c1-15-13-25-19(14-24-15)20(28)26-18-5-4-11-27(12-10-18)21(29)22(2,3)16-6-8-17(23)9-7-16/h6-9,13-14,18H,4-5,10-12H2,1-3H3,(H,26,28)/t18-/m0/s1. The Labute approximate surface area is 170 Å². The zero-order valence-corrected chi connectivity index (χ0v) is 17.1. The van der Waals surface area contributed by atoms with Gasteiger partial charge in [-0.2, -0.15) is 0 Å². The monoisotopic (exact) mass is 398 g/mol. The van der Waals surface area contributed by atoms with Crippen LogP contribution in [0.3, 0.4) is 0 Å². The number of nitrogens with one attached hydrogen (secondary N) is 1.